The second-order valence-corrected chi connectivity index (χ2v) is 4.61. The van der Waals surface area contributed by atoms with Crippen LogP contribution in [0, 0.1) is 0 Å². The first-order valence-corrected chi connectivity index (χ1v) is 6.29. The quantitative estimate of drug-likeness (QED) is 0.917. The van der Waals surface area contributed by atoms with Gasteiger partial charge in [-0.15, -0.1) is 13.2 Å². The summed E-state index contributed by atoms with van der Waals surface area (Å²) in [6, 6.07) is 6.04. The fourth-order valence-electron chi connectivity index (χ4n) is 2.44. The highest BCUT2D eigenvalue weighted by Crippen LogP contribution is 2.27. The Bertz CT molecular complexity index is 399. The van der Waals surface area contributed by atoms with Crippen molar-refractivity contribution in [1.29, 1.82) is 0 Å². The fraction of sp³-hybridized carbons (Fsp3) is 0.538. The number of rotatable bonds is 4. The normalized spacial score (nSPS) is 18.5. The minimum atomic E-state index is -4.65. The van der Waals surface area contributed by atoms with E-state index in [0.29, 0.717) is 6.54 Å². The van der Waals surface area contributed by atoms with Crippen LogP contribution in [0.5, 0.6) is 5.75 Å². The van der Waals surface area contributed by atoms with Gasteiger partial charge in [0.25, 0.3) is 0 Å². The van der Waals surface area contributed by atoms with Crippen molar-refractivity contribution in [2.45, 2.75) is 25.2 Å². The Kier molecular flexibility index (Phi) is 4.31. The van der Waals surface area contributed by atoms with Gasteiger partial charge in [0.1, 0.15) is 5.75 Å². The van der Waals surface area contributed by atoms with E-state index < -0.39 is 6.36 Å². The second kappa shape index (κ2) is 5.79. The van der Waals surface area contributed by atoms with Gasteiger partial charge in [0, 0.05) is 12.6 Å². The third-order valence-corrected chi connectivity index (χ3v) is 3.30. The summed E-state index contributed by atoms with van der Waals surface area (Å²) < 4.78 is 40.0. The van der Waals surface area contributed by atoms with Crippen LogP contribution >= 0.6 is 0 Å². The zero-order valence-corrected chi connectivity index (χ0v) is 10.5. The van der Waals surface area contributed by atoms with Crippen LogP contribution in [0.4, 0.5) is 13.2 Å². The fourth-order valence-corrected chi connectivity index (χ4v) is 2.44. The smallest absolute Gasteiger partial charge is 0.406 e. The molecule has 6 heteroatoms. The third kappa shape index (κ3) is 3.84. The Morgan fingerprint density at radius 2 is 1.74 bits per heavy atom. The topological polar surface area (TPSA) is 38.5 Å². The average molecular weight is 274 g/mol. The van der Waals surface area contributed by atoms with Crippen molar-refractivity contribution >= 4 is 0 Å². The molecule has 3 nitrogen and oxygen atoms in total. The lowest BCUT2D eigenvalue weighted by Gasteiger charge is -2.26. The number of hydrogen-bond donors (Lipinski definition) is 1. The van der Waals surface area contributed by atoms with Crippen LogP contribution in [0.25, 0.3) is 0 Å². The summed E-state index contributed by atoms with van der Waals surface area (Å²) in [5.41, 5.74) is 6.70. The van der Waals surface area contributed by atoms with Gasteiger partial charge in [-0.1, -0.05) is 12.1 Å². The molecule has 0 aliphatic carbocycles. The van der Waals surface area contributed by atoms with Crippen molar-refractivity contribution in [1.82, 2.24) is 4.90 Å². The molecule has 1 aliphatic rings. The largest absolute Gasteiger partial charge is 0.573 e. The van der Waals surface area contributed by atoms with Crippen molar-refractivity contribution in [2.75, 3.05) is 19.6 Å². The van der Waals surface area contributed by atoms with Crippen LogP contribution in [0.15, 0.2) is 24.3 Å². The molecular formula is C13H17F3N2O. The predicted octanol–water partition coefficient (Wildman–Crippen LogP) is 2.68. The van der Waals surface area contributed by atoms with Crippen LogP contribution in [-0.2, 0) is 0 Å². The summed E-state index contributed by atoms with van der Waals surface area (Å²) in [4.78, 5) is 2.26. The Morgan fingerprint density at radius 1 is 1.16 bits per heavy atom. The van der Waals surface area contributed by atoms with Gasteiger partial charge in [-0.25, -0.2) is 0 Å². The minimum absolute atomic E-state index is 0.0717. The highest BCUT2D eigenvalue weighted by atomic mass is 19.4. The number of benzene rings is 1. The maximum atomic E-state index is 12.1. The minimum Gasteiger partial charge on any atom is -0.406 e. The maximum Gasteiger partial charge on any atom is 0.573 e. The van der Waals surface area contributed by atoms with E-state index >= 15 is 0 Å². The molecule has 0 radical (unpaired) electrons. The molecule has 1 aromatic rings. The summed E-state index contributed by atoms with van der Waals surface area (Å²) in [6.07, 6.45) is -2.36. The molecule has 0 saturated carbocycles. The molecule has 1 aliphatic heterocycles. The van der Waals surface area contributed by atoms with Gasteiger partial charge in [-0.2, -0.15) is 0 Å². The van der Waals surface area contributed by atoms with Crippen LogP contribution in [0.3, 0.4) is 0 Å². The first-order chi connectivity index (χ1) is 8.99. The number of halogens is 3. The van der Waals surface area contributed by atoms with Crippen molar-refractivity contribution < 1.29 is 17.9 Å². The molecule has 106 valence electrons. The van der Waals surface area contributed by atoms with Crippen molar-refractivity contribution in [3.63, 3.8) is 0 Å². The summed E-state index contributed by atoms with van der Waals surface area (Å²) in [5, 5.41) is 0. The van der Waals surface area contributed by atoms with Gasteiger partial charge in [0.2, 0.25) is 0 Å². The molecule has 0 amide bonds. The SMILES string of the molecule is NC[C@@H](c1ccc(OC(F)(F)F)cc1)N1CCCC1. The molecule has 2 N–H and O–H groups in total. The first-order valence-electron chi connectivity index (χ1n) is 6.29. The zero-order chi connectivity index (χ0) is 13.9. The standard InChI is InChI=1S/C13H17F3N2O/c14-13(15,16)19-11-5-3-10(4-6-11)12(9-17)18-7-1-2-8-18/h3-6,12H,1-2,7-9,17H2/t12-/m0/s1. The number of nitrogens with two attached hydrogens (primary N) is 1. The second-order valence-electron chi connectivity index (χ2n) is 4.61. The first kappa shape index (κ1) is 14.1. The van der Waals surface area contributed by atoms with E-state index in [4.69, 9.17) is 5.73 Å². The van der Waals surface area contributed by atoms with Crippen LogP contribution < -0.4 is 10.5 Å². The molecule has 0 spiro atoms. The molecule has 1 fully saturated rings. The van der Waals surface area contributed by atoms with Gasteiger partial charge in [0.15, 0.2) is 0 Å². The lowest BCUT2D eigenvalue weighted by Crippen LogP contribution is -2.31. The Labute approximate surface area is 110 Å². The van der Waals surface area contributed by atoms with Crippen LogP contribution in [0.1, 0.15) is 24.4 Å². The van der Waals surface area contributed by atoms with Crippen molar-refractivity contribution in [3.8, 4) is 5.75 Å². The van der Waals surface area contributed by atoms with E-state index in [9.17, 15) is 13.2 Å². The van der Waals surface area contributed by atoms with Gasteiger partial charge in [-0.3, -0.25) is 4.90 Å². The van der Waals surface area contributed by atoms with E-state index in [1.165, 1.54) is 12.1 Å². The van der Waals surface area contributed by atoms with E-state index in [0.717, 1.165) is 31.5 Å². The molecular weight excluding hydrogens is 257 g/mol. The number of ether oxygens (including phenoxy) is 1. The van der Waals surface area contributed by atoms with Crippen molar-refractivity contribution in [2.24, 2.45) is 5.73 Å². The molecule has 19 heavy (non-hydrogen) atoms. The number of likely N-dealkylation sites (tertiary alicyclic amines) is 1. The van der Waals surface area contributed by atoms with Gasteiger partial charge in [0.05, 0.1) is 0 Å². The third-order valence-electron chi connectivity index (χ3n) is 3.30. The number of nitrogens with zero attached hydrogens (tertiary/aromatic N) is 1. The maximum absolute atomic E-state index is 12.1. The Hall–Kier alpha value is -1.27. The molecule has 1 heterocycles. The lowest BCUT2D eigenvalue weighted by molar-refractivity contribution is -0.274. The van der Waals surface area contributed by atoms with Gasteiger partial charge in [-0.05, 0) is 43.6 Å². The van der Waals surface area contributed by atoms with Crippen LogP contribution in [-0.4, -0.2) is 30.9 Å². The summed E-state index contributed by atoms with van der Waals surface area (Å²) in [6.45, 7) is 2.44. The molecule has 1 aromatic carbocycles. The lowest BCUT2D eigenvalue weighted by atomic mass is 10.1. The number of hydrogen-bond acceptors (Lipinski definition) is 3. The molecule has 1 atom stereocenters. The van der Waals surface area contributed by atoms with E-state index in [2.05, 4.69) is 9.64 Å². The predicted molar refractivity (Wildman–Crippen MR) is 65.7 cm³/mol. The summed E-state index contributed by atoms with van der Waals surface area (Å²) in [7, 11) is 0. The summed E-state index contributed by atoms with van der Waals surface area (Å²) >= 11 is 0. The highest BCUT2D eigenvalue weighted by molar-refractivity contribution is 5.29. The molecule has 0 aromatic heterocycles. The van der Waals surface area contributed by atoms with Gasteiger partial charge >= 0.3 is 6.36 Å². The zero-order valence-electron chi connectivity index (χ0n) is 10.5. The molecule has 0 unspecified atom stereocenters. The molecule has 2 rings (SSSR count). The van der Waals surface area contributed by atoms with Gasteiger partial charge < -0.3 is 10.5 Å². The monoisotopic (exact) mass is 274 g/mol. The van der Waals surface area contributed by atoms with Crippen molar-refractivity contribution in [3.05, 3.63) is 29.8 Å². The summed E-state index contributed by atoms with van der Waals surface area (Å²) in [5.74, 6) is -0.201. The Morgan fingerprint density at radius 3 is 2.21 bits per heavy atom. The molecule has 1 saturated heterocycles. The Balaban J connectivity index is 2.07. The van der Waals surface area contributed by atoms with E-state index in [1.807, 2.05) is 0 Å². The average Bonchev–Trinajstić information content (AvgIpc) is 2.84. The van der Waals surface area contributed by atoms with E-state index in [-0.39, 0.29) is 11.8 Å². The van der Waals surface area contributed by atoms with Crippen LogP contribution in [0.2, 0.25) is 0 Å². The van der Waals surface area contributed by atoms with E-state index in [1.54, 1.807) is 12.1 Å². The highest BCUT2D eigenvalue weighted by Gasteiger charge is 2.31. The number of alkyl halides is 3. The molecule has 0 bridgehead atoms.